The van der Waals surface area contributed by atoms with Crippen molar-refractivity contribution in [1.29, 1.82) is 0 Å². The Labute approximate surface area is 154 Å². The van der Waals surface area contributed by atoms with Gasteiger partial charge in [-0.1, -0.05) is 0 Å². The van der Waals surface area contributed by atoms with Gasteiger partial charge in [-0.05, 0) is 37.6 Å². The van der Waals surface area contributed by atoms with Gasteiger partial charge in [0.05, 0.1) is 26.7 Å². The highest BCUT2D eigenvalue weighted by Crippen LogP contribution is 2.13. The van der Waals surface area contributed by atoms with E-state index in [0.717, 1.165) is 0 Å². The van der Waals surface area contributed by atoms with Crippen LogP contribution in [0.5, 0.6) is 5.75 Å². The third-order valence-corrected chi connectivity index (χ3v) is 3.80. The Kier molecular flexibility index (Phi) is 10.0. The number of nitrogens with zero attached hydrogens (tertiary/aromatic N) is 1. The molecule has 7 heteroatoms. The lowest BCUT2D eigenvalue weighted by Crippen LogP contribution is -2.35. The Bertz CT molecular complexity index is 584. The summed E-state index contributed by atoms with van der Waals surface area (Å²) in [4.78, 5) is 36.4. The molecule has 7 nitrogen and oxygen atoms in total. The van der Waals surface area contributed by atoms with Crippen molar-refractivity contribution in [3.05, 3.63) is 29.8 Å². The van der Waals surface area contributed by atoms with E-state index in [1.54, 1.807) is 36.3 Å². The molecule has 0 bridgehead atoms. The van der Waals surface area contributed by atoms with Crippen LogP contribution in [0.1, 0.15) is 36.5 Å². The van der Waals surface area contributed by atoms with Gasteiger partial charge in [0.1, 0.15) is 5.75 Å². The van der Waals surface area contributed by atoms with Crippen molar-refractivity contribution in [2.24, 2.45) is 0 Å². The number of rotatable bonds is 12. The summed E-state index contributed by atoms with van der Waals surface area (Å²) >= 11 is 0. The zero-order valence-corrected chi connectivity index (χ0v) is 15.7. The highest BCUT2D eigenvalue weighted by atomic mass is 16.5. The van der Waals surface area contributed by atoms with E-state index in [0.29, 0.717) is 50.5 Å². The highest BCUT2D eigenvalue weighted by molar-refractivity contribution is 5.94. The summed E-state index contributed by atoms with van der Waals surface area (Å²) in [5.41, 5.74) is 0.631. The molecule has 0 unspecified atom stereocenters. The van der Waals surface area contributed by atoms with Crippen LogP contribution in [0, 0.1) is 0 Å². The molecule has 0 aromatic heterocycles. The van der Waals surface area contributed by atoms with Gasteiger partial charge in [-0.3, -0.25) is 14.4 Å². The molecule has 1 aromatic carbocycles. The van der Waals surface area contributed by atoms with Gasteiger partial charge in [0.2, 0.25) is 5.91 Å². The quantitative estimate of drug-likeness (QED) is 0.320. The van der Waals surface area contributed by atoms with E-state index in [1.807, 2.05) is 0 Å². The Hall–Kier alpha value is -2.41. The number of methoxy groups -OCH3 is 2. The smallest absolute Gasteiger partial charge is 0.307 e. The van der Waals surface area contributed by atoms with E-state index in [9.17, 15) is 14.4 Å². The minimum absolute atomic E-state index is 0.00486. The number of amides is 1. The standard InChI is InChI=1S/C19H27NO6/c1-15(21)16-6-8-17(9-7-16)26-13-4-5-18(22)20(12-14-24-2)11-10-19(23)25-3/h6-9H,4-5,10-14H2,1-3H3. The van der Waals surface area contributed by atoms with Gasteiger partial charge in [0.25, 0.3) is 0 Å². The van der Waals surface area contributed by atoms with Crippen molar-refractivity contribution >= 4 is 17.7 Å². The van der Waals surface area contributed by atoms with Crippen molar-refractivity contribution < 1.29 is 28.6 Å². The summed E-state index contributed by atoms with van der Waals surface area (Å²) in [6.45, 7) is 3.05. The first kappa shape index (κ1) is 21.6. The summed E-state index contributed by atoms with van der Waals surface area (Å²) in [7, 11) is 2.89. The van der Waals surface area contributed by atoms with Crippen molar-refractivity contribution in [3.63, 3.8) is 0 Å². The Balaban J connectivity index is 2.38. The largest absolute Gasteiger partial charge is 0.494 e. The monoisotopic (exact) mass is 365 g/mol. The average molecular weight is 365 g/mol. The molecular formula is C19H27NO6. The van der Waals surface area contributed by atoms with Crippen LogP contribution in [0.3, 0.4) is 0 Å². The number of esters is 1. The van der Waals surface area contributed by atoms with Crippen molar-refractivity contribution in [1.82, 2.24) is 4.90 Å². The molecule has 26 heavy (non-hydrogen) atoms. The molecular weight excluding hydrogens is 338 g/mol. The molecule has 0 aliphatic carbocycles. The van der Waals surface area contributed by atoms with Crippen LogP contribution in [0.2, 0.25) is 0 Å². The molecule has 0 aliphatic heterocycles. The maximum Gasteiger partial charge on any atom is 0.307 e. The lowest BCUT2D eigenvalue weighted by molar-refractivity contribution is -0.142. The van der Waals surface area contributed by atoms with Gasteiger partial charge >= 0.3 is 5.97 Å². The molecule has 1 aromatic rings. The van der Waals surface area contributed by atoms with E-state index >= 15 is 0 Å². The molecule has 1 rings (SSSR count). The average Bonchev–Trinajstić information content (AvgIpc) is 2.65. The van der Waals surface area contributed by atoms with Gasteiger partial charge in [-0.2, -0.15) is 0 Å². The molecule has 0 saturated heterocycles. The number of ketones is 1. The van der Waals surface area contributed by atoms with Crippen LogP contribution in [-0.2, 0) is 19.1 Å². The number of hydrogen-bond acceptors (Lipinski definition) is 6. The van der Waals surface area contributed by atoms with E-state index in [4.69, 9.17) is 9.47 Å². The zero-order valence-electron chi connectivity index (χ0n) is 15.7. The fourth-order valence-electron chi connectivity index (χ4n) is 2.25. The molecule has 0 fully saturated rings. The number of Topliss-reactive ketones (excluding diaryl/α,β-unsaturated/α-hetero) is 1. The highest BCUT2D eigenvalue weighted by Gasteiger charge is 2.15. The van der Waals surface area contributed by atoms with E-state index in [2.05, 4.69) is 4.74 Å². The van der Waals surface area contributed by atoms with Crippen LogP contribution in [0.15, 0.2) is 24.3 Å². The Morgan fingerprint density at radius 2 is 1.65 bits per heavy atom. The van der Waals surface area contributed by atoms with Crippen molar-refractivity contribution in [3.8, 4) is 5.75 Å². The SMILES string of the molecule is COCCN(CCC(=O)OC)C(=O)CCCOc1ccc(C(C)=O)cc1. The predicted molar refractivity (Wildman–Crippen MR) is 96.3 cm³/mol. The van der Waals surface area contributed by atoms with E-state index in [1.165, 1.54) is 14.0 Å². The summed E-state index contributed by atoms with van der Waals surface area (Å²) in [5.74, 6) is 0.258. The molecule has 0 heterocycles. The second kappa shape index (κ2) is 12.0. The lowest BCUT2D eigenvalue weighted by atomic mass is 10.1. The van der Waals surface area contributed by atoms with Crippen molar-refractivity contribution in [2.45, 2.75) is 26.2 Å². The Morgan fingerprint density at radius 1 is 0.962 bits per heavy atom. The maximum absolute atomic E-state index is 12.3. The Morgan fingerprint density at radius 3 is 2.23 bits per heavy atom. The van der Waals surface area contributed by atoms with Gasteiger partial charge in [-0.25, -0.2) is 0 Å². The summed E-state index contributed by atoms with van der Waals surface area (Å²) in [5, 5.41) is 0. The van der Waals surface area contributed by atoms with Gasteiger partial charge in [0.15, 0.2) is 5.78 Å². The van der Waals surface area contributed by atoms with Crippen LogP contribution in [-0.4, -0.2) is 63.1 Å². The fourth-order valence-corrected chi connectivity index (χ4v) is 2.25. The minimum atomic E-state index is -0.349. The molecule has 0 spiro atoms. The minimum Gasteiger partial charge on any atom is -0.494 e. The van der Waals surface area contributed by atoms with E-state index < -0.39 is 0 Å². The molecule has 144 valence electrons. The molecule has 0 aliphatic rings. The molecule has 0 saturated carbocycles. The number of ether oxygens (including phenoxy) is 3. The first-order valence-electron chi connectivity index (χ1n) is 8.55. The van der Waals surface area contributed by atoms with Gasteiger partial charge in [-0.15, -0.1) is 0 Å². The normalized spacial score (nSPS) is 10.3. The lowest BCUT2D eigenvalue weighted by Gasteiger charge is -2.22. The number of hydrogen-bond donors (Lipinski definition) is 0. The number of benzene rings is 1. The fraction of sp³-hybridized carbons (Fsp3) is 0.526. The van der Waals surface area contributed by atoms with Gasteiger partial charge < -0.3 is 19.1 Å². The van der Waals surface area contributed by atoms with Crippen LogP contribution in [0.25, 0.3) is 0 Å². The molecule has 0 atom stereocenters. The third kappa shape index (κ3) is 8.11. The second-order valence-corrected chi connectivity index (χ2v) is 5.73. The van der Waals surface area contributed by atoms with Crippen LogP contribution < -0.4 is 4.74 Å². The first-order chi connectivity index (χ1) is 12.5. The maximum atomic E-state index is 12.3. The van der Waals surface area contributed by atoms with Gasteiger partial charge in [0, 0.05) is 32.2 Å². The molecule has 0 N–H and O–H groups in total. The number of carbonyl (C=O) groups is 3. The summed E-state index contributed by atoms with van der Waals surface area (Å²) in [6, 6.07) is 6.89. The zero-order chi connectivity index (χ0) is 19.4. The number of carbonyl (C=O) groups excluding carboxylic acids is 3. The van der Waals surface area contributed by atoms with Crippen LogP contribution >= 0.6 is 0 Å². The third-order valence-electron chi connectivity index (χ3n) is 3.80. The van der Waals surface area contributed by atoms with Crippen molar-refractivity contribution in [2.75, 3.05) is 40.5 Å². The summed E-state index contributed by atoms with van der Waals surface area (Å²) in [6.07, 6.45) is 1.02. The van der Waals surface area contributed by atoms with E-state index in [-0.39, 0.29) is 24.1 Å². The summed E-state index contributed by atoms with van der Waals surface area (Å²) < 4.78 is 15.2. The van der Waals surface area contributed by atoms with Crippen LogP contribution in [0.4, 0.5) is 0 Å². The predicted octanol–water partition coefficient (Wildman–Crippen LogP) is 2.09. The molecule has 0 radical (unpaired) electrons. The first-order valence-corrected chi connectivity index (χ1v) is 8.55. The topological polar surface area (TPSA) is 82.1 Å². The molecule has 1 amide bonds. The second-order valence-electron chi connectivity index (χ2n) is 5.73.